The Morgan fingerprint density at radius 2 is 0.797 bits per heavy atom. The Morgan fingerprint density at radius 1 is 0.312 bits per heavy atom. The molecular formula is C59H41N5. The smallest absolute Gasteiger partial charge is 0.166 e. The average Bonchev–Trinajstić information content (AvgIpc) is 3.86. The Kier molecular flexibility index (Phi) is 8.87. The van der Waals surface area contributed by atoms with Crippen molar-refractivity contribution in [3.63, 3.8) is 0 Å². The summed E-state index contributed by atoms with van der Waals surface area (Å²) in [5.74, 6) is 1.84. The van der Waals surface area contributed by atoms with Gasteiger partial charge in [-0.2, -0.15) is 0 Å². The van der Waals surface area contributed by atoms with Crippen LogP contribution in [0.4, 0.5) is 0 Å². The maximum atomic E-state index is 5.34. The zero-order valence-electron chi connectivity index (χ0n) is 35.4. The third kappa shape index (κ3) is 6.28. The van der Waals surface area contributed by atoms with Crippen molar-refractivity contribution in [3.8, 4) is 67.8 Å². The molecule has 3 heterocycles. The van der Waals surface area contributed by atoms with Crippen LogP contribution in [0.1, 0.15) is 11.1 Å². The molecule has 0 spiro atoms. The SMILES string of the molecule is Cc1ccc(-c2ccc3c4ccccc4n(-c4ccc(-c5ccc6c7ccccc7n(-c7ccccc7)c6c5)cc4-c4nc(-c5ccccc5)nc(-c5ccccc5)n4)c3c2)c(C)c1. The van der Waals surface area contributed by atoms with Crippen molar-refractivity contribution in [2.24, 2.45) is 0 Å². The van der Waals surface area contributed by atoms with E-state index in [9.17, 15) is 0 Å². The van der Waals surface area contributed by atoms with Gasteiger partial charge in [-0.1, -0.05) is 169 Å². The fourth-order valence-corrected chi connectivity index (χ4v) is 9.56. The van der Waals surface area contributed by atoms with Crippen LogP contribution in [-0.2, 0) is 0 Å². The minimum Gasteiger partial charge on any atom is -0.309 e. The Labute approximate surface area is 371 Å². The monoisotopic (exact) mass is 819 g/mol. The van der Waals surface area contributed by atoms with Gasteiger partial charge in [0.05, 0.1) is 27.8 Å². The lowest BCUT2D eigenvalue weighted by molar-refractivity contribution is 1.06. The number of para-hydroxylation sites is 3. The molecule has 64 heavy (non-hydrogen) atoms. The maximum Gasteiger partial charge on any atom is 0.166 e. The molecule has 9 aromatic carbocycles. The lowest BCUT2D eigenvalue weighted by Gasteiger charge is -2.17. The Morgan fingerprint density at radius 3 is 1.44 bits per heavy atom. The van der Waals surface area contributed by atoms with Crippen LogP contribution in [0, 0.1) is 13.8 Å². The van der Waals surface area contributed by atoms with Crippen molar-refractivity contribution in [2.45, 2.75) is 13.8 Å². The van der Waals surface area contributed by atoms with Crippen molar-refractivity contribution in [2.75, 3.05) is 0 Å². The van der Waals surface area contributed by atoms with Gasteiger partial charge < -0.3 is 9.13 Å². The van der Waals surface area contributed by atoms with Crippen LogP contribution in [0.25, 0.3) is 111 Å². The molecule has 0 atom stereocenters. The van der Waals surface area contributed by atoms with E-state index in [2.05, 4.69) is 199 Å². The van der Waals surface area contributed by atoms with Crippen molar-refractivity contribution in [1.29, 1.82) is 0 Å². The van der Waals surface area contributed by atoms with E-state index in [-0.39, 0.29) is 0 Å². The van der Waals surface area contributed by atoms with E-state index < -0.39 is 0 Å². The van der Waals surface area contributed by atoms with E-state index in [4.69, 9.17) is 15.0 Å². The molecule has 0 fully saturated rings. The molecule has 3 aromatic heterocycles. The zero-order valence-corrected chi connectivity index (χ0v) is 35.4. The van der Waals surface area contributed by atoms with Crippen LogP contribution in [0.2, 0.25) is 0 Å². The molecule has 0 N–H and O–H groups in total. The van der Waals surface area contributed by atoms with Crippen LogP contribution in [0.3, 0.4) is 0 Å². The first kappa shape index (κ1) is 37.4. The highest BCUT2D eigenvalue weighted by Gasteiger charge is 2.22. The van der Waals surface area contributed by atoms with Gasteiger partial charge in [-0.15, -0.1) is 0 Å². The quantitative estimate of drug-likeness (QED) is 0.161. The second-order valence-electron chi connectivity index (χ2n) is 16.6. The Balaban J connectivity index is 1.15. The first-order chi connectivity index (χ1) is 31.6. The molecule has 0 unspecified atom stereocenters. The highest BCUT2D eigenvalue weighted by molar-refractivity contribution is 6.12. The van der Waals surface area contributed by atoms with Gasteiger partial charge in [-0.3, -0.25) is 0 Å². The Bertz CT molecular complexity index is 3680. The minimum absolute atomic E-state index is 0.598. The number of benzene rings is 9. The third-order valence-corrected chi connectivity index (χ3v) is 12.6. The van der Waals surface area contributed by atoms with Crippen molar-refractivity contribution < 1.29 is 0 Å². The van der Waals surface area contributed by atoms with Crippen LogP contribution in [-0.4, -0.2) is 24.1 Å². The molecular weight excluding hydrogens is 779 g/mol. The predicted octanol–water partition coefficient (Wildman–Crippen LogP) is 15.0. The van der Waals surface area contributed by atoms with Gasteiger partial charge in [0.1, 0.15) is 0 Å². The molecule has 0 amide bonds. The number of hydrogen-bond acceptors (Lipinski definition) is 3. The second kappa shape index (κ2) is 15.2. The fourth-order valence-electron chi connectivity index (χ4n) is 9.56. The van der Waals surface area contributed by atoms with Crippen LogP contribution >= 0.6 is 0 Å². The van der Waals surface area contributed by atoms with Crippen LogP contribution in [0.5, 0.6) is 0 Å². The first-order valence-electron chi connectivity index (χ1n) is 21.8. The summed E-state index contributed by atoms with van der Waals surface area (Å²) < 4.78 is 4.78. The van der Waals surface area contributed by atoms with Gasteiger partial charge in [0, 0.05) is 43.9 Å². The number of aryl methyl sites for hydroxylation is 2. The summed E-state index contributed by atoms with van der Waals surface area (Å²) in [7, 11) is 0. The first-order valence-corrected chi connectivity index (χ1v) is 21.8. The van der Waals surface area contributed by atoms with Crippen molar-refractivity contribution >= 4 is 43.6 Å². The van der Waals surface area contributed by atoms with E-state index in [1.165, 1.54) is 49.3 Å². The van der Waals surface area contributed by atoms with Crippen LogP contribution < -0.4 is 0 Å². The number of fused-ring (bicyclic) bond motifs is 6. The lowest BCUT2D eigenvalue weighted by atomic mass is 9.97. The highest BCUT2D eigenvalue weighted by Crippen LogP contribution is 2.41. The van der Waals surface area contributed by atoms with E-state index >= 15 is 0 Å². The normalized spacial score (nSPS) is 11.6. The van der Waals surface area contributed by atoms with E-state index in [1.807, 2.05) is 36.4 Å². The average molecular weight is 820 g/mol. The van der Waals surface area contributed by atoms with Gasteiger partial charge in [-0.05, 0) is 90.2 Å². The van der Waals surface area contributed by atoms with Crippen LogP contribution in [0.15, 0.2) is 212 Å². The van der Waals surface area contributed by atoms with Gasteiger partial charge in [0.2, 0.25) is 0 Å². The largest absolute Gasteiger partial charge is 0.309 e. The molecule has 5 nitrogen and oxygen atoms in total. The van der Waals surface area contributed by atoms with Crippen molar-refractivity contribution in [3.05, 3.63) is 223 Å². The predicted molar refractivity (Wildman–Crippen MR) is 265 cm³/mol. The van der Waals surface area contributed by atoms with Gasteiger partial charge >= 0.3 is 0 Å². The Hall–Kier alpha value is -8.41. The van der Waals surface area contributed by atoms with E-state index in [0.29, 0.717) is 17.5 Å². The molecule has 0 aliphatic heterocycles. The summed E-state index contributed by atoms with van der Waals surface area (Å²) in [6, 6.07) is 75.7. The molecule has 0 saturated carbocycles. The number of hydrogen-bond donors (Lipinski definition) is 0. The van der Waals surface area contributed by atoms with E-state index in [1.54, 1.807) is 0 Å². The van der Waals surface area contributed by atoms with Gasteiger partial charge in [-0.25, -0.2) is 15.0 Å². The van der Waals surface area contributed by atoms with E-state index in [0.717, 1.165) is 55.7 Å². The molecule has 302 valence electrons. The van der Waals surface area contributed by atoms with Crippen molar-refractivity contribution in [1.82, 2.24) is 24.1 Å². The topological polar surface area (TPSA) is 48.5 Å². The standard InChI is InChI=1S/C59H41N5/c1-38-26-30-46(39(2)34-38)44-28-32-50-48-23-13-15-25-53(48)64(56(50)37-44)54-33-29-42(43-27-31-49-47-22-12-14-24-52(47)63(55(49)36-43)45-20-10-5-11-21-45)35-51(54)59-61-57(40-16-6-3-7-17-40)60-58(62-59)41-18-8-4-9-19-41/h3-37H,1-2H3. The number of rotatable bonds is 7. The molecule has 0 aliphatic rings. The number of nitrogens with zero attached hydrogens (tertiary/aromatic N) is 5. The number of aromatic nitrogens is 5. The molecule has 12 aromatic rings. The van der Waals surface area contributed by atoms with Gasteiger partial charge in [0.25, 0.3) is 0 Å². The summed E-state index contributed by atoms with van der Waals surface area (Å²) in [5.41, 5.74) is 16.5. The lowest BCUT2D eigenvalue weighted by Crippen LogP contribution is -2.04. The summed E-state index contributed by atoms with van der Waals surface area (Å²) in [6.45, 7) is 4.35. The third-order valence-electron chi connectivity index (χ3n) is 12.6. The molecule has 0 bridgehead atoms. The molecule has 0 aliphatic carbocycles. The molecule has 5 heteroatoms. The second-order valence-corrected chi connectivity index (χ2v) is 16.6. The zero-order chi connectivity index (χ0) is 42.7. The minimum atomic E-state index is 0.598. The molecule has 0 radical (unpaired) electrons. The summed E-state index contributed by atoms with van der Waals surface area (Å²) >= 11 is 0. The molecule has 0 saturated heterocycles. The summed E-state index contributed by atoms with van der Waals surface area (Å²) in [6.07, 6.45) is 0. The molecule has 12 rings (SSSR count). The highest BCUT2D eigenvalue weighted by atomic mass is 15.1. The summed E-state index contributed by atoms with van der Waals surface area (Å²) in [4.78, 5) is 15.8. The van der Waals surface area contributed by atoms with Gasteiger partial charge in [0.15, 0.2) is 17.5 Å². The maximum absolute atomic E-state index is 5.34. The fraction of sp³-hybridized carbons (Fsp3) is 0.0339. The summed E-state index contributed by atoms with van der Waals surface area (Å²) in [5, 5.41) is 4.80.